The summed E-state index contributed by atoms with van der Waals surface area (Å²) in [5, 5.41) is 3.82. The predicted molar refractivity (Wildman–Crippen MR) is 95.6 cm³/mol. The first-order valence-corrected chi connectivity index (χ1v) is 8.22. The number of halogens is 1. The van der Waals surface area contributed by atoms with E-state index in [1.807, 2.05) is 36.4 Å². The molecule has 1 aliphatic carbocycles. The Bertz CT molecular complexity index is 734. The highest BCUT2D eigenvalue weighted by Gasteiger charge is 2.38. The maximum atomic E-state index is 12.6. The Morgan fingerprint density at radius 3 is 2.39 bits per heavy atom. The van der Waals surface area contributed by atoms with Gasteiger partial charge in [0.2, 0.25) is 0 Å². The monoisotopic (exact) mass is 328 g/mol. The number of nitrogen functional groups attached to an aromatic ring is 1. The van der Waals surface area contributed by atoms with Gasteiger partial charge < -0.3 is 11.1 Å². The third-order valence-corrected chi connectivity index (χ3v) is 4.68. The Balaban J connectivity index is 1.88. The van der Waals surface area contributed by atoms with Crippen LogP contribution in [0.4, 0.5) is 5.69 Å². The lowest BCUT2D eigenvalue weighted by molar-refractivity contribution is 0.0903. The van der Waals surface area contributed by atoms with Crippen LogP contribution in [0, 0.1) is 5.92 Å². The summed E-state index contributed by atoms with van der Waals surface area (Å²) in [5.41, 5.74) is 8.87. The molecule has 1 saturated carbocycles. The number of benzene rings is 2. The van der Waals surface area contributed by atoms with Crippen LogP contribution in [-0.4, -0.2) is 11.4 Å². The highest BCUT2D eigenvalue weighted by molar-refractivity contribution is 6.30. The van der Waals surface area contributed by atoms with E-state index in [-0.39, 0.29) is 11.4 Å². The SMILES string of the molecule is CC(C)(NC(=O)c1cc(N)cc(-c2ccc(Cl)cc2)c1)C1CC1. The Kier molecular flexibility index (Phi) is 4.07. The molecule has 3 N–H and O–H groups in total. The quantitative estimate of drug-likeness (QED) is 0.811. The summed E-state index contributed by atoms with van der Waals surface area (Å²) in [5.74, 6) is 0.493. The molecule has 1 fully saturated rings. The van der Waals surface area contributed by atoms with Crippen LogP contribution in [0.5, 0.6) is 0 Å². The molecule has 3 nitrogen and oxygen atoms in total. The molecular formula is C19H21ClN2O. The number of nitrogens with one attached hydrogen (secondary N) is 1. The van der Waals surface area contributed by atoms with Crippen LogP contribution in [0.15, 0.2) is 42.5 Å². The minimum Gasteiger partial charge on any atom is -0.399 e. The van der Waals surface area contributed by atoms with E-state index in [0.717, 1.165) is 11.1 Å². The van der Waals surface area contributed by atoms with Crippen molar-refractivity contribution in [2.75, 3.05) is 5.73 Å². The van der Waals surface area contributed by atoms with E-state index in [4.69, 9.17) is 17.3 Å². The number of nitrogens with two attached hydrogens (primary N) is 1. The number of carbonyl (C=O) groups is 1. The van der Waals surface area contributed by atoms with Crippen LogP contribution < -0.4 is 11.1 Å². The van der Waals surface area contributed by atoms with Crippen LogP contribution in [0.25, 0.3) is 11.1 Å². The molecule has 0 radical (unpaired) electrons. The number of amides is 1. The molecule has 0 aliphatic heterocycles. The van der Waals surface area contributed by atoms with Crippen molar-refractivity contribution in [2.24, 2.45) is 5.92 Å². The maximum Gasteiger partial charge on any atom is 0.251 e. The molecule has 120 valence electrons. The topological polar surface area (TPSA) is 55.1 Å². The summed E-state index contributed by atoms with van der Waals surface area (Å²) in [6, 6.07) is 13.0. The largest absolute Gasteiger partial charge is 0.399 e. The van der Waals surface area contributed by atoms with Crippen molar-refractivity contribution in [1.29, 1.82) is 0 Å². The number of anilines is 1. The molecule has 2 aromatic rings. The van der Waals surface area contributed by atoms with Crippen LogP contribution in [0.3, 0.4) is 0 Å². The molecule has 1 aliphatic rings. The van der Waals surface area contributed by atoms with E-state index in [0.29, 0.717) is 22.2 Å². The van der Waals surface area contributed by atoms with Gasteiger partial charge in [-0.25, -0.2) is 0 Å². The van der Waals surface area contributed by atoms with Gasteiger partial charge in [-0.1, -0.05) is 23.7 Å². The van der Waals surface area contributed by atoms with Crippen molar-refractivity contribution in [3.05, 3.63) is 53.1 Å². The van der Waals surface area contributed by atoms with Crippen molar-refractivity contribution in [2.45, 2.75) is 32.2 Å². The Morgan fingerprint density at radius 2 is 1.78 bits per heavy atom. The fourth-order valence-electron chi connectivity index (χ4n) is 2.86. The normalized spacial score (nSPS) is 14.6. The third kappa shape index (κ3) is 3.67. The Morgan fingerprint density at radius 1 is 1.13 bits per heavy atom. The molecule has 0 saturated heterocycles. The predicted octanol–water partition coefficient (Wildman–Crippen LogP) is 4.51. The number of rotatable bonds is 4. The van der Waals surface area contributed by atoms with Gasteiger partial charge in [0.15, 0.2) is 0 Å². The molecule has 2 aromatic carbocycles. The first-order chi connectivity index (χ1) is 10.8. The van der Waals surface area contributed by atoms with Gasteiger partial charge in [-0.15, -0.1) is 0 Å². The summed E-state index contributed by atoms with van der Waals surface area (Å²) in [6.45, 7) is 4.16. The van der Waals surface area contributed by atoms with Gasteiger partial charge in [0.1, 0.15) is 0 Å². The lowest BCUT2D eigenvalue weighted by Gasteiger charge is -2.26. The van der Waals surface area contributed by atoms with Crippen LogP contribution in [-0.2, 0) is 0 Å². The van der Waals surface area contributed by atoms with Gasteiger partial charge in [-0.05, 0) is 74.1 Å². The molecule has 1 amide bonds. The maximum absolute atomic E-state index is 12.6. The minimum absolute atomic E-state index is 0.0792. The van der Waals surface area contributed by atoms with Crippen molar-refractivity contribution in [3.63, 3.8) is 0 Å². The van der Waals surface area contributed by atoms with Gasteiger partial charge in [-0.3, -0.25) is 4.79 Å². The average molecular weight is 329 g/mol. The molecule has 0 atom stereocenters. The second-order valence-corrected chi connectivity index (χ2v) is 7.24. The lowest BCUT2D eigenvalue weighted by atomic mass is 9.97. The lowest BCUT2D eigenvalue weighted by Crippen LogP contribution is -2.45. The molecule has 0 aromatic heterocycles. The Labute approximate surface area is 141 Å². The summed E-state index contributed by atoms with van der Waals surface area (Å²) >= 11 is 5.93. The van der Waals surface area contributed by atoms with E-state index >= 15 is 0 Å². The van der Waals surface area contributed by atoms with Crippen LogP contribution >= 0.6 is 11.6 Å². The molecular weight excluding hydrogens is 308 g/mol. The second-order valence-electron chi connectivity index (χ2n) is 6.80. The van der Waals surface area contributed by atoms with Gasteiger partial charge >= 0.3 is 0 Å². The van der Waals surface area contributed by atoms with E-state index in [1.165, 1.54) is 12.8 Å². The van der Waals surface area contributed by atoms with Crippen molar-refractivity contribution in [3.8, 4) is 11.1 Å². The molecule has 0 spiro atoms. The highest BCUT2D eigenvalue weighted by Crippen LogP contribution is 2.39. The van der Waals surface area contributed by atoms with Gasteiger partial charge in [0, 0.05) is 21.8 Å². The zero-order chi connectivity index (χ0) is 16.6. The number of carbonyl (C=O) groups excluding carboxylic acids is 1. The minimum atomic E-state index is -0.178. The molecule has 4 heteroatoms. The fourth-order valence-corrected chi connectivity index (χ4v) is 2.99. The highest BCUT2D eigenvalue weighted by atomic mass is 35.5. The standard InChI is InChI=1S/C19H21ClN2O/c1-19(2,15-5-6-15)22-18(23)14-9-13(10-17(21)11-14)12-3-7-16(20)8-4-12/h3-4,7-11,15H,5-6,21H2,1-2H3,(H,22,23). The van der Waals surface area contributed by atoms with E-state index in [1.54, 1.807) is 6.07 Å². The summed E-state index contributed by atoms with van der Waals surface area (Å²) in [4.78, 5) is 12.6. The van der Waals surface area contributed by atoms with Crippen LogP contribution in [0.1, 0.15) is 37.0 Å². The van der Waals surface area contributed by atoms with Crippen LogP contribution in [0.2, 0.25) is 5.02 Å². The molecule has 3 rings (SSSR count). The summed E-state index contributed by atoms with van der Waals surface area (Å²) in [7, 11) is 0. The second kappa shape index (κ2) is 5.89. The van der Waals surface area contributed by atoms with E-state index in [2.05, 4.69) is 19.2 Å². The summed E-state index contributed by atoms with van der Waals surface area (Å²) in [6.07, 6.45) is 2.36. The van der Waals surface area contributed by atoms with E-state index < -0.39 is 0 Å². The van der Waals surface area contributed by atoms with Gasteiger partial charge in [0.05, 0.1) is 0 Å². The first-order valence-electron chi connectivity index (χ1n) is 7.84. The van der Waals surface area contributed by atoms with Gasteiger partial charge in [-0.2, -0.15) is 0 Å². The fraction of sp³-hybridized carbons (Fsp3) is 0.316. The average Bonchev–Trinajstić information content (AvgIpc) is 3.32. The number of hydrogen-bond acceptors (Lipinski definition) is 2. The summed E-state index contributed by atoms with van der Waals surface area (Å²) < 4.78 is 0. The zero-order valence-corrected chi connectivity index (χ0v) is 14.2. The third-order valence-electron chi connectivity index (χ3n) is 4.43. The molecule has 23 heavy (non-hydrogen) atoms. The van der Waals surface area contributed by atoms with Crippen molar-refractivity contribution >= 4 is 23.2 Å². The first kappa shape index (κ1) is 15.9. The smallest absolute Gasteiger partial charge is 0.251 e. The zero-order valence-electron chi connectivity index (χ0n) is 13.4. The number of hydrogen-bond donors (Lipinski definition) is 2. The Hall–Kier alpha value is -2.00. The van der Waals surface area contributed by atoms with Crippen molar-refractivity contribution in [1.82, 2.24) is 5.32 Å². The molecule has 0 unspecified atom stereocenters. The van der Waals surface area contributed by atoms with Crippen molar-refractivity contribution < 1.29 is 4.79 Å². The molecule has 0 bridgehead atoms. The van der Waals surface area contributed by atoms with Gasteiger partial charge in [0.25, 0.3) is 5.91 Å². The van der Waals surface area contributed by atoms with E-state index in [9.17, 15) is 4.79 Å². The molecule has 0 heterocycles.